The fraction of sp³-hybridized carbons (Fsp3) is 0.0417. The number of hydrogen-bond acceptors (Lipinski definition) is 3. The van der Waals surface area contributed by atoms with Gasteiger partial charge in [-0.05, 0) is 47.5 Å². The molecular weight excluding hydrogens is 539 g/mol. The normalized spacial score (nSPS) is 10.6. The molecule has 3 heterocycles. The predicted octanol–water partition coefficient (Wildman–Crippen LogP) is 6.37. The van der Waals surface area contributed by atoms with Gasteiger partial charge in [-0.2, -0.15) is 0 Å². The van der Waals surface area contributed by atoms with Gasteiger partial charge in [0.1, 0.15) is 0 Å². The molecule has 0 aliphatic heterocycles. The minimum absolute atomic E-state index is 0. The molecule has 0 saturated heterocycles. The Morgan fingerprint density at radius 1 is 1.03 bits per heavy atom. The van der Waals surface area contributed by atoms with E-state index in [9.17, 15) is 0 Å². The molecule has 2 aromatic carbocycles. The van der Waals surface area contributed by atoms with Crippen LogP contribution in [0.3, 0.4) is 0 Å². The van der Waals surface area contributed by atoms with Gasteiger partial charge in [-0.1, -0.05) is 35.2 Å². The van der Waals surface area contributed by atoms with Gasteiger partial charge in [0.25, 0.3) is 0 Å². The summed E-state index contributed by atoms with van der Waals surface area (Å²) in [5.74, 6) is 0. The molecule has 0 saturated carbocycles. The van der Waals surface area contributed by atoms with Gasteiger partial charge in [-0.25, -0.2) is 9.83 Å². The van der Waals surface area contributed by atoms with Crippen LogP contribution in [0.25, 0.3) is 49.3 Å². The van der Waals surface area contributed by atoms with Crippen LogP contribution in [0.15, 0.2) is 71.4 Å². The van der Waals surface area contributed by atoms with Crippen LogP contribution in [0, 0.1) is 19.6 Å². The maximum atomic E-state index is 7.22. The second-order valence-corrected chi connectivity index (χ2v) is 6.60. The number of hydrogen-bond donors (Lipinski definition) is 0. The number of aromatic nitrogens is 2. The second-order valence-electron chi connectivity index (χ2n) is 6.60. The van der Waals surface area contributed by atoms with E-state index in [0.29, 0.717) is 11.4 Å². The molecule has 0 spiro atoms. The molecule has 1 radical (unpaired) electrons. The molecule has 0 atom stereocenters. The van der Waals surface area contributed by atoms with Gasteiger partial charge >= 0.3 is 0 Å². The van der Waals surface area contributed by atoms with Gasteiger partial charge < -0.3 is 9.40 Å². The summed E-state index contributed by atoms with van der Waals surface area (Å²) < 4.78 is 6.01. The van der Waals surface area contributed by atoms with Gasteiger partial charge in [0.15, 0.2) is 5.69 Å². The first-order chi connectivity index (χ1) is 13.7. The molecular formula is C24H14IrN3O-. The fourth-order valence-electron chi connectivity index (χ4n) is 3.50. The van der Waals surface area contributed by atoms with Crippen LogP contribution < -0.4 is 0 Å². The molecule has 29 heavy (non-hydrogen) atoms. The first kappa shape index (κ1) is 19.0. The summed E-state index contributed by atoms with van der Waals surface area (Å²) in [6.45, 7) is 9.26. The molecule has 0 amide bonds. The number of aryl methyl sites for hydroxylation is 1. The van der Waals surface area contributed by atoms with Gasteiger partial charge in [-0.15, -0.1) is 18.2 Å². The summed E-state index contributed by atoms with van der Waals surface area (Å²) in [4.78, 5) is 12.5. The van der Waals surface area contributed by atoms with Crippen molar-refractivity contribution in [2.45, 2.75) is 6.92 Å². The van der Waals surface area contributed by atoms with E-state index in [-0.39, 0.29) is 20.1 Å². The van der Waals surface area contributed by atoms with Gasteiger partial charge in [0.2, 0.25) is 5.71 Å². The maximum Gasteiger partial charge on any atom is 0.216 e. The molecule has 0 bridgehead atoms. The van der Waals surface area contributed by atoms with Crippen LogP contribution in [0.2, 0.25) is 0 Å². The fourth-order valence-corrected chi connectivity index (χ4v) is 3.50. The molecule has 0 aliphatic rings. The quantitative estimate of drug-likeness (QED) is 0.239. The molecule has 3 aromatic heterocycles. The van der Waals surface area contributed by atoms with Gasteiger partial charge in [0.05, 0.1) is 12.2 Å². The molecule has 5 aromatic rings. The van der Waals surface area contributed by atoms with Crippen LogP contribution in [-0.2, 0) is 20.1 Å². The third-order valence-corrected chi connectivity index (χ3v) is 4.86. The van der Waals surface area contributed by atoms with Crippen LogP contribution in [0.4, 0.5) is 5.69 Å². The molecule has 5 rings (SSSR count). The Morgan fingerprint density at radius 3 is 2.76 bits per heavy atom. The molecule has 0 aliphatic carbocycles. The Bertz CT molecular complexity index is 1400. The van der Waals surface area contributed by atoms with E-state index < -0.39 is 0 Å². The number of pyridine rings is 2. The monoisotopic (exact) mass is 553 g/mol. The third kappa shape index (κ3) is 3.23. The maximum absolute atomic E-state index is 7.22. The van der Waals surface area contributed by atoms with Crippen molar-refractivity contribution < 1.29 is 24.5 Å². The van der Waals surface area contributed by atoms with Gasteiger partial charge in [0, 0.05) is 37.9 Å². The Hall–Kier alpha value is -3.32. The molecule has 5 heteroatoms. The largest absolute Gasteiger partial charge is 0.486 e. The zero-order chi connectivity index (χ0) is 19.1. The van der Waals surface area contributed by atoms with E-state index in [0.717, 1.165) is 44.3 Å². The first-order valence-corrected chi connectivity index (χ1v) is 8.87. The van der Waals surface area contributed by atoms with E-state index in [1.54, 1.807) is 12.3 Å². The smallest absolute Gasteiger partial charge is 0.216 e. The summed E-state index contributed by atoms with van der Waals surface area (Å²) in [6, 6.07) is 20.7. The van der Waals surface area contributed by atoms with Crippen molar-refractivity contribution in [1.82, 2.24) is 9.97 Å². The van der Waals surface area contributed by atoms with Gasteiger partial charge in [-0.3, -0.25) is 0 Å². The van der Waals surface area contributed by atoms with Crippen LogP contribution in [0.1, 0.15) is 5.56 Å². The standard InChI is InChI=1S/C24H14N3O.Ir/c1-15-12-22(27-14-21(15)16-6-3-7-17(13-16)25-2)20-9-4-8-18-19-10-5-11-26-24(19)28-23(18)20;/h3-8,10-14H,1H3;/q-1;. The number of rotatable bonds is 2. The van der Waals surface area contributed by atoms with E-state index in [1.165, 1.54) is 0 Å². The summed E-state index contributed by atoms with van der Waals surface area (Å²) in [5, 5.41) is 1.99. The zero-order valence-electron chi connectivity index (χ0n) is 15.4. The van der Waals surface area contributed by atoms with Crippen molar-refractivity contribution in [3.05, 3.63) is 90.0 Å². The van der Waals surface area contributed by atoms with Crippen LogP contribution >= 0.6 is 0 Å². The Morgan fingerprint density at radius 2 is 1.93 bits per heavy atom. The molecule has 0 unspecified atom stereocenters. The van der Waals surface area contributed by atoms with Crippen molar-refractivity contribution >= 4 is 27.8 Å². The summed E-state index contributed by atoms with van der Waals surface area (Å²) in [5.41, 5.74) is 6.66. The molecule has 141 valence electrons. The number of nitrogens with zero attached hydrogens (tertiary/aromatic N) is 3. The molecule has 4 nitrogen and oxygen atoms in total. The molecule has 0 N–H and O–H groups in total. The number of benzene rings is 2. The van der Waals surface area contributed by atoms with E-state index in [2.05, 4.69) is 20.9 Å². The summed E-state index contributed by atoms with van der Waals surface area (Å²) in [6.07, 6.45) is 3.57. The summed E-state index contributed by atoms with van der Waals surface area (Å²) in [7, 11) is 0. The average molecular weight is 553 g/mol. The Kier molecular flexibility index (Phi) is 4.98. The van der Waals surface area contributed by atoms with E-state index in [1.807, 2.05) is 61.7 Å². The second kappa shape index (κ2) is 7.60. The Balaban J connectivity index is 0.00000205. The third-order valence-electron chi connectivity index (χ3n) is 4.86. The molecule has 0 fully saturated rings. The first-order valence-electron chi connectivity index (χ1n) is 8.87. The van der Waals surface area contributed by atoms with Crippen LogP contribution in [-0.4, -0.2) is 9.97 Å². The van der Waals surface area contributed by atoms with E-state index >= 15 is 0 Å². The Labute approximate surface area is 181 Å². The van der Waals surface area contributed by atoms with Crippen LogP contribution in [0.5, 0.6) is 0 Å². The van der Waals surface area contributed by atoms with Crippen molar-refractivity contribution in [3.63, 3.8) is 0 Å². The topological polar surface area (TPSA) is 43.3 Å². The average Bonchev–Trinajstić information content (AvgIpc) is 3.12. The predicted molar refractivity (Wildman–Crippen MR) is 110 cm³/mol. The van der Waals surface area contributed by atoms with Crippen molar-refractivity contribution in [2.24, 2.45) is 0 Å². The minimum Gasteiger partial charge on any atom is -0.486 e. The van der Waals surface area contributed by atoms with Crippen molar-refractivity contribution in [2.75, 3.05) is 0 Å². The minimum atomic E-state index is 0. The summed E-state index contributed by atoms with van der Waals surface area (Å²) >= 11 is 0. The zero-order valence-corrected chi connectivity index (χ0v) is 17.8. The number of fused-ring (bicyclic) bond motifs is 3. The number of furan rings is 1. The van der Waals surface area contributed by atoms with E-state index in [4.69, 9.17) is 11.0 Å². The van der Waals surface area contributed by atoms with Crippen molar-refractivity contribution in [3.8, 4) is 22.4 Å². The SMILES string of the molecule is [C-]#[N+]c1cccc(-c2cnc(-c3[c-]ccc4c3oc3ncccc34)cc2C)c1.[Ir]. The van der Waals surface area contributed by atoms with Crippen molar-refractivity contribution in [1.29, 1.82) is 0 Å².